The molecular formula is C18H35CaNO5. The van der Waals surface area contributed by atoms with Crippen LogP contribution in [0.3, 0.4) is 0 Å². The van der Waals surface area contributed by atoms with Crippen LogP contribution in [0.4, 0.5) is 0 Å². The Balaban J connectivity index is -0.000000867. The number of hydrogen-bond acceptors (Lipinski definition) is 5. The van der Waals surface area contributed by atoms with E-state index in [1.165, 1.54) is 83.5 Å². The molecule has 0 aromatic heterocycles. The maximum absolute atomic E-state index is 10.2. The first-order valence-electron chi connectivity index (χ1n) is 9.52. The number of aliphatic carboxylic acids is 1. The fourth-order valence-electron chi connectivity index (χ4n) is 2.64. The Morgan fingerprint density at radius 3 is 1.16 bits per heavy atom. The second-order valence-electron chi connectivity index (χ2n) is 6.30. The van der Waals surface area contributed by atoms with Gasteiger partial charge >= 0.3 is 37.7 Å². The van der Waals surface area contributed by atoms with Gasteiger partial charge in [0.25, 0.3) is 0 Å². The maximum Gasteiger partial charge on any atom is 2.00 e. The van der Waals surface area contributed by atoms with Crippen molar-refractivity contribution in [1.29, 1.82) is 0 Å². The van der Waals surface area contributed by atoms with Crippen LogP contribution in [0, 0.1) is 15.3 Å². The average Bonchev–Trinajstić information content (AvgIpc) is 2.50. The van der Waals surface area contributed by atoms with E-state index in [1.54, 1.807) is 0 Å². The van der Waals surface area contributed by atoms with E-state index < -0.39 is 11.1 Å². The molecule has 0 aliphatic heterocycles. The average molecular weight is 386 g/mol. The largest absolute Gasteiger partial charge is 2.00 e. The molecule has 0 radical (unpaired) electrons. The number of carboxylic acids is 1. The molecule has 0 heterocycles. The standard InChI is InChI=1S/C18H36O2.Ca.NO3/c1-2-3-4-5-6-7-8-9-10-11-12-13-14-15-16-17-18(19)20;;2-1(3)4/h2-17H2,1H3,(H,19,20);;/q;+2;-1/p-1. The van der Waals surface area contributed by atoms with Gasteiger partial charge in [-0.25, -0.2) is 0 Å². The molecule has 0 aliphatic rings. The first kappa shape index (κ1) is 29.7. The summed E-state index contributed by atoms with van der Waals surface area (Å²) < 4.78 is 0. The first-order valence-corrected chi connectivity index (χ1v) is 9.52. The van der Waals surface area contributed by atoms with E-state index in [2.05, 4.69) is 6.92 Å². The van der Waals surface area contributed by atoms with Crippen LogP contribution >= 0.6 is 0 Å². The number of hydrogen-bond donors (Lipinski definition) is 0. The molecule has 7 heteroatoms. The van der Waals surface area contributed by atoms with Crippen molar-refractivity contribution in [3.63, 3.8) is 0 Å². The second kappa shape index (κ2) is 26.2. The summed E-state index contributed by atoms with van der Waals surface area (Å²) in [6, 6.07) is 0. The van der Waals surface area contributed by atoms with Crippen molar-refractivity contribution in [2.45, 2.75) is 110 Å². The Bertz CT molecular complexity index is 287. The molecular weight excluding hydrogens is 350 g/mol. The van der Waals surface area contributed by atoms with Gasteiger partial charge in [0.2, 0.25) is 0 Å². The summed E-state index contributed by atoms with van der Waals surface area (Å²) in [7, 11) is 0. The van der Waals surface area contributed by atoms with Crippen molar-refractivity contribution < 1.29 is 15.0 Å². The van der Waals surface area contributed by atoms with Gasteiger partial charge in [0.15, 0.2) is 0 Å². The summed E-state index contributed by atoms with van der Waals surface area (Å²) in [6.07, 6.45) is 19.9. The number of rotatable bonds is 16. The van der Waals surface area contributed by atoms with Gasteiger partial charge in [0.1, 0.15) is 0 Å². The predicted octanol–water partition coefficient (Wildman–Crippen LogP) is 4.38. The number of carboxylic acid groups (broad SMARTS) is 1. The van der Waals surface area contributed by atoms with Crippen molar-refractivity contribution in [1.82, 2.24) is 0 Å². The number of unbranched alkanes of at least 4 members (excludes halogenated alkanes) is 14. The Labute approximate surface area is 182 Å². The zero-order valence-electron chi connectivity index (χ0n) is 16.0. The van der Waals surface area contributed by atoms with Gasteiger partial charge in [-0.2, -0.15) is 0 Å². The maximum atomic E-state index is 10.2. The quantitative estimate of drug-likeness (QED) is 0.170. The smallest absolute Gasteiger partial charge is 0.550 e. The number of carbonyl (C=O) groups is 1. The molecule has 0 aromatic rings. The molecule has 0 N–H and O–H groups in total. The van der Waals surface area contributed by atoms with Gasteiger partial charge in [-0.3, -0.25) is 0 Å². The van der Waals surface area contributed by atoms with Crippen molar-refractivity contribution in [3.8, 4) is 0 Å². The molecule has 0 rings (SSSR count). The summed E-state index contributed by atoms with van der Waals surface area (Å²) >= 11 is 0. The van der Waals surface area contributed by atoms with Crippen molar-refractivity contribution in [3.05, 3.63) is 15.3 Å². The molecule has 0 atom stereocenters. The summed E-state index contributed by atoms with van der Waals surface area (Å²) in [4.78, 5) is 18.5. The van der Waals surface area contributed by atoms with Crippen LogP contribution in [-0.2, 0) is 4.79 Å². The van der Waals surface area contributed by atoms with E-state index in [0.29, 0.717) is 0 Å². The van der Waals surface area contributed by atoms with Crippen LogP contribution in [0.1, 0.15) is 110 Å². The van der Waals surface area contributed by atoms with Gasteiger partial charge in [-0.05, 0) is 12.8 Å². The van der Waals surface area contributed by atoms with Crippen molar-refractivity contribution >= 4 is 43.7 Å². The van der Waals surface area contributed by atoms with Crippen LogP contribution in [0.2, 0.25) is 0 Å². The molecule has 6 nitrogen and oxygen atoms in total. The Hall–Kier alpha value is -0.0703. The molecule has 0 aromatic carbocycles. The summed E-state index contributed by atoms with van der Waals surface area (Å²) in [6.45, 7) is 2.27. The van der Waals surface area contributed by atoms with Crippen molar-refractivity contribution in [2.24, 2.45) is 0 Å². The Kier molecular flexibility index (Phi) is 31.1. The third-order valence-corrected chi connectivity index (χ3v) is 3.98. The minimum atomic E-state index is -1.75. The molecule has 0 spiro atoms. The van der Waals surface area contributed by atoms with Gasteiger partial charge in [0.05, 0.1) is 5.09 Å². The van der Waals surface area contributed by atoms with Crippen LogP contribution in [0.25, 0.3) is 0 Å². The van der Waals surface area contributed by atoms with E-state index in [0.717, 1.165) is 12.8 Å². The topological polar surface area (TPSA) is 106 Å². The molecule has 0 aliphatic carbocycles. The predicted molar refractivity (Wildman–Crippen MR) is 101 cm³/mol. The first-order chi connectivity index (χ1) is 11.5. The Morgan fingerprint density at radius 2 is 0.920 bits per heavy atom. The third kappa shape index (κ3) is 40.2. The molecule has 0 amide bonds. The molecule has 0 bridgehead atoms. The minimum Gasteiger partial charge on any atom is -0.550 e. The van der Waals surface area contributed by atoms with Gasteiger partial charge < -0.3 is 25.2 Å². The van der Waals surface area contributed by atoms with Crippen LogP contribution in [0.15, 0.2) is 0 Å². The number of nitrogens with zero attached hydrogens (tertiary/aromatic N) is 1. The molecule has 25 heavy (non-hydrogen) atoms. The molecule has 0 fully saturated rings. The van der Waals surface area contributed by atoms with E-state index >= 15 is 0 Å². The summed E-state index contributed by atoms with van der Waals surface area (Å²) in [5.41, 5.74) is 0. The third-order valence-electron chi connectivity index (χ3n) is 3.98. The van der Waals surface area contributed by atoms with E-state index in [-0.39, 0.29) is 44.2 Å². The fourth-order valence-corrected chi connectivity index (χ4v) is 2.64. The van der Waals surface area contributed by atoms with Crippen molar-refractivity contribution in [2.75, 3.05) is 0 Å². The normalized spacial score (nSPS) is 9.64. The zero-order valence-corrected chi connectivity index (χ0v) is 18.2. The molecule has 0 unspecified atom stereocenters. The fraction of sp³-hybridized carbons (Fsp3) is 0.944. The van der Waals surface area contributed by atoms with Gasteiger partial charge in [0, 0.05) is 5.97 Å². The monoisotopic (exact) mass is 385 g/mol. The molecule has 0 saturated heterocycles. The van der Waals surface area contributed by atoms with E-state index in [9.17, 15) is 9.90 Å². The summed E-state index contributed by atoms with van der Waals surface area (Å²) in [5, 5.41) is 25.0. The Morgan fingerprint density at radius 1 is 0.680 bits per heavy atom. The second-order valence-corrected chi connectivity index (χ2v) is 6.30. The van der Waals surface area contributed by atoms with Crippen LogP contribution < -0.4 is 5.11 Å². The van der Waals surface area contributed by atoms with E-state index in [4.69, 9.17) is 15.3 Å². The minimum absolute atomic E-state index is 0. The van der Waals surface area contributed by atoms with Crippen LogP contribution in [0.5, 0.6) is 0 Å². The van der Waals surface area contributed by atoms with E-state index in [1.807, 2.05) is 0 Å². The van der Waals surface area contributed by atoms with Gasteiger partial charge in [-0.1, -0.05) is 96.8 Å². The number of carbonyl (C=O) groups excluding carboxylic acids is 1. The zero-order chi connectivity index (χ0) is 18.5. The molecule has 0 saturated carbocycles. The molecule has 144 valence electrons. The van der Waals surface area contributed by atoms with Crippen LogP contribution in [-0.4, -0.2) is 48.8 Å². The SMILES string of the molecule is CCCCCCCCCCCCCCCCCC(=O)[O-].O=[N+]([O-])[O-].[Ca+2]. The van der Waals surface area contributed by atoms with Gasteiger partial charge in [-0.15, -0.1) is 0 Å². The summed E-state index contributed by atoms with van der Waals surface area (Å²) in [5.74, 6) is -0.903.